The van der Waals surface area contributed by atoms with Gasteiger partial charge < -0.3 is 28.6 Å². The third-order valence-corrected chi connectivity index (χ3v) is 10.9. The predicted molar refractivity (Wildman–Crippen MR) is 259 cm³/mol. The summed E-state index contributed by atoms with van der Waals surface area (Å²) < 4.78 is 17.2. The number of quaternary nitrogens is 1. The van der Waals surface area contributed by atoms with Crippen LogP contribution in [0.4, 0.5) is 0 Å². The number of nitrogens with zero attached hydrogens (tertiary/aromatic N) is 1. The Morgan fingerprint density at radius 3 is 1.44 bits per heavy atom. The number of hydrogen-bond donors (Lipinski definition) is 0. The number of unbranched alkanes of at least 4 members (excludes halogenated alkanes) is 19. The Bertz CT molecular complexity index is 1240. The van der Waals surface area contributed by atoms with Crippen LogP contribution in [0.3, 0.4) is 0 Å². The van der Waals surface area contributed by atoms with Crippen LogP contribution in [0, 0.1) is 0 Å². The first-order valence-corrected chi connectivity index (χ1v) is 25.0. The summed E-state index contributed by atoms with van der Waals surface area (Å²) in [6.45, 7) is 4.51. The second-order valence-corrected chi connectivity index (χ2v) is 17.7. The van der Waals surface area contributed by atoms with E-state index in [-0.39, 0.29) is 42.7 Å². The fourth-order valence-electron chi connectivity index (χ4n) is 6.99. The minimum atomic E-state index is -1.13. The molecule has 0 fully saturated rings. The highest BCUT2D eigenvalue weighted by Gasteiger charge is 2.25. The third kappa shape index (κ3) is 42.1. The predicted octanol–water partition coefficient (Wildman–Crippen LogP) is 13.0. The van der Waals surface area contributed by atoms with Crippen molar-refractivity contribution < 1.29 is 38.2 Å². The van der Waals surface area contributed by atoms with Gasteiger partial charge in [0.2, 0.25) is 0 Å². The first-order valence-electron chi connectivity index (χ1n) is 25.0. The first-order chi connectivity index (χ1) is 30.1. The highest BCUT2D eigenvalue weighted by molar-refractivity contribution is 5.70. The molecule has 0 aliphatic heterocycles. The van der Waals surface area contributed by atoms with Crippen LogP contribution >= 0.6 is 0 Å². The summed E-state index contributed by atoms with van der Waals surface area (Å²) >= 11 is 0. The molecule has 2 unspecified atom stereocenters. The smallest absolute Gasteiger partial charge is 0.306 e. The first kappa shape index (κ1) is 58.8. The fourth-order valence-corrected chi connectivity index (χ4v) is 6.99. The summed E-state index contributed by atoms with van der Waals surface area (Å²) in [6, 6.07) is -0.733. The van der Waals surface area contributed by atoms with Crippen molar-refractivity contribution in [1.29, 1.82) is 0 Å². The molecule has 0 aromatic carbocycles. The van der Waals surface area contributed by atoms with Crippen LogP contribution in [-0.2, 0) is 28.6 Å². The van der Waals surface area contributed by atoms with Gasteiger partial charge in [-0.15, -0.1) is 0 Å². The largest absolute Gasteiger partial charge is 0.544 e. The lowest BCUT2D eigenvalue weighted by molar-refractivity contribution is -0.889. The Morgan fingerprint density at radius 2 is 0.952 bits per heavy atom. The molecular formula is C54H93NO7. The van der Waals surface area contributed by atoms with E-state index in [0.29, 0.717) is 12.8 Å². The number of esters is 2. The zero-order valence-electron chi connectivity index (χ0n) is 40.5. The molecule has 0 aromatic rings. The molecule has 0 radical (unpaired) electrons. The Kier molecular flexibility index (Phi) is 42.1. The number of carboxylic acid groups (broad SMARTS) is 1. The van der Waals surface area contributed by atoms with Crippen LogP contribution in [-0.4, -0.2) is 75.5 Å². The van der Waals surface area contributed by atoms with Crippen molar-refractivity contribution in [3.8, 4) is 0 Å². The number of aliphatic carboxylic acids is 1. The van der Waals surface area contributed by atoms with Crippen molar-refractivity contribution in [3.63, 3.8) is 0 Å². The van der Waals surface area contributed by atoms with Crippen molar-refractivity contribution in [2.75, 3.05) is 41.0 Å². The molecule has 0 aliphatic carbocycles. The second kappa shape index (κ2) is 44.4. The average molecular weight is 868 g/mol. The Labute approximate surface area is 381 Å². The molecular weight excluding hydrogens is 775 g/mol. The molecule has 0 saturated carbocycles. The molecule has 0 amide bonds. The van der Waals surface area contributed by atoms with Gasteiger partial charge in [0.15, 0.2) is 6.10 Å². The van der Waals surface area contributed by atoms with Crippen LogP contribution in [0.25, 0.3) is 0 Å². The normalized spacial score (nSPS) is 13.5. The van der Waals surface area contributed by atoms with Gasteiger partial charge in [-0.05, 0) is 77.0 Å². The zero-order chi connectivity index (χ0) is 45.6. The van der Waals surface area contributed by atoms with E-state index in [0.717, 1.165) is 77.0 Å². The molecule has 0 aromatic heterocycles. The number of ether oxygens (including phenoxy) is 3. The molecule has 0 heterocycles. The number of likely N-dealkylation sites (N-methyl/N-ethyl adjacent to an activating group) is 1. The molecule has 0 bridgehead atoms. The number of rotatable bonds is 44. The van der Waals surface area contributed by atoms with Gasteiger partial charge in [0.25, 0.3) is 0 Å². The maximum Gasteiger partial charge on any atom is 0.306 e. The highest BCUT2D eigenvalue weighted by atomic mass is 16.6. The Balaban J connectivity index is 4.30. The van der Waals surface area contributed by atoms with Gasteiger partial charge in [-0.25, -0.2) is 0 Å². The summed E-state index contributed by atoms with van der Waals surface area (Å²) in [5.74, 6) is -1.76. The van der Waals surface area contributed by atoms with E-state index in [1.54, 1.807) is 21.1 Å². The lowest BCUT2D eigenvalue weighted by atomic mass is 10.1. The number of carboxylic acids is 1. The van der Waals surface area contributed by atoms with E-state index in [2.05, 4.69) is 86.8 Å². The lowest BCUT2D eigenvalue weighted by Crippen LogP contribution is -2.55. The van der Waals surface area contributed by atoms with Crippen molar-refractivity contribution in [2.24, 2.45) is 0 Å². The number of allylic oxidation sites excluding steroid dienone is 12. The maximum atomic E-state index is 12.8. The summed E-state index contributed by atoms with van der Waals surface area (Å²) in [7, 11) is 5.40. The second-order valence-electron chi connectivity index (χ2n) is 17.7. The van der Waals surface area contributed by atoms with Gasteiger partial charge in [0.05, 0.1) is 40.3 Å². The van der Waals surface area contributed by atoms with Crippen LogP contribution in [0.5, 0.6) is 0 Å². The zero-order valence-corrected chi connectivity index (χ0v) is 40.5. The fraction of sp³-hybridized carbons (Fsp3) is 0.722. The number of carbonyl (C=O) groups excluding carboxylic acids is 3. The van der Waals surface area contributed by atoms with Gasteiger partial charge in [-0.3, -0.25) is 9.59 Å². The summed E-state index contributed by atoms with van der Waals surface area (Å²) in [4.78, 5) is 37.0. The van der Waals surface area contributed by atoms with Gasteiger partial charge in [-0.1, -0.05) is 177 Å². The van der Waals surface area contributed by atoms with Crippen molar-refractivity contribution in [3.05, 3.63) is 72.9 Å². The molecule has 0 aliphatic rings. The van der Waals surface area contributed by atoms with Crippen LogP contribution in [0.15, 0.2) is 72.9 Å². The molecule has 8 heteroatoms. The van der Waals surface area contributed by atoms with E-state index in [9.17, 15) is 19.5 Å². The highest BCUT2D eigenvalue weighted by Crippen LogP contribution is 2.14. The average Bonchev–Trinajstić information content (AvgIpc) is 3.23. The van der Waals surface area contributed by atoms with Gasteiger partial charge in [0, 0.05) is 19.3 Å². The molecule has 0 N–H and O–H groups in total. The number of hydrogen-bond acceptors (Lipinski definition) is 7. The minimum Gasteiger partial charge on any atom is -0.544 e. The molecule has 62 heavy (non-hydrogen) atoms. The molecule has 2 atom stereocenters. The third-order valence-electron chi connectivity index (χ3n) is 10.9. The standard InChI is InChI=1S/C54H93NO7/c1-6-8-10-12-14-16-18-20-22-24-26-28-30-32-34-36-38-40-42-44-52(56)61-49-50(48-60-47-46-51(54(58)59)55(3,4)5)62-53(57)45-43-41-39-37-35-33-31-29-27-25-23-21-19-17-15-13-11-9-7-2/h9,11,14-18,20-21,23,27,29,50-51H,6-8,10,12-13,19,22,24-26,28,30-49H2,1-5H3/b11-9+,16-14+,17-15+,20-18+,23-21+,29-27+. The molecule has 0 saturated heterocycles. The number of carbonyl (C=O) groups is 3. The minimum absolute atomic E-state index is 0.0309. The monoisotopic (exact) mass is 868 g/mol. The quantitative estimate of drug-likeness (QED) is 0.0198. The van der Waals surface area contributed by atoms with Crippen LogP contribution in [0.1, 0.15) is 200 Å². The van der Waals surface area contributed by atoms with Gasteiger partial charge >= 0.3 is 11.9 Å². The summed E-state index contributed by atoms with van der Waals surface area (Å²) in [5.41, 5.74) is 0. The van der Waals surface area contributed by atoms with Crippen LogP contribution in [0.2, 0.25) is 0 Å². The van der Waals surface area contributed by atoms with E-state index in [1.807, 2.05) is 0 Å². The lowest BCUT2D eigenvalue weighted by Gasteiger charge is -2.34. The summed E-state index contributed by atoms with van der Waals surface area (Å²) in [6.07, 6.45) is 56.4. The molecule has 0 rings (SSSR count). The Hall–Kier alpha value is -3.23. The summed E-state index contributed by atoms with van der Waals surface area (Å²) in [5, 5.41) is 11.7. The van der Waals surface area contributed by atoms with Crippen molar-refractivity contribution in [1.82, 2.24) is 0 Å². The molecule has 0 spiro atoms. The van der Waals surface area contributed by atoms with E-state index >= 15 is 0 Å². The molecule has 356 valence electrons. The molecule has 8 nitrogen and oxygen atoms in total. The Morgan fingerprint density at radius 1 is 0.516 bits per heavy atom. The SMILES string of the molecule is CC/C=C/C/C=C/C/C=C/C/C=C/CCCCCCCCC(=O)OC(COCCC(C(=O)[O-])[N+](C)(C)C)COC(=O)CCCCCCCCCCCC/C=C/C=C/CCCCC. The topological polar surface area (TPSA) is 102 Å². The van der Waals surface area contributed by atoms with Gasteiger partial charge in [-0.2, -0.15) is 0 Å². The van der Waals surface area contributed by atoms with E-state index in [1.165, 1.54) is 89.9 Å². The van der Waals surface area contributed by atoms with Crippen molar-refractivity contribution >= 4 is 17.9 Å². The van der Waals surface area contributed by atoms with Gasteiger partial charge in [0.1, 0.15) is 12.6 Å². The van der Waals surface area contributed by atoms with Crippen LogP contribution < -0.4 is 5.11 Å². The maximum absolute atomic E-state index is 12.8. The van der Waals surface area contributed by atoms with E-state index in [4.69, 9.17) is 14.2 Å². The van der Waals surface area contributed by atoms with Crippen molar-refractivity contribution in [2.45, 2.75) is 212 Å². The van der Waals surface area contributed by atoms with E-state index < -0.39 is 18.1 Å².